The fraction of sp³-hybridized carbons (Fsp3) is 0.133. The Morgan fingerprint density at radius 3 is 2.50 bits per heavy atom. The molecule has 0 aliphatic carbocycles. The van der Waals surface area contributed by atoms with Crippen LogP contribution >= 0.6 is 0 Å². The largest absolute Gasteiger partial charge is 0.298 e. The van der Waals surface area contributed by atoms with E-state index < -0.39 is 0 Å². The number of carbonyl (C=O) groups is 1. The average molecular weight is 210 g/mol. The molecule has 2 aromatic rings. The summed E-state index contributed by atoms with van der Waals surface area (Å²) in [6, 6.07) is 16.1. The molecule has 0 spiro atoms. The highest BCUT2D eigenvalue weighted by molar-refractivity contribution is 5.77. The molecule has 2 aromatic carbocycles. The fourth-order valence-corrected chi connectivity index (χ4v) is 1.82. The Bertz CT molecular complexity index is 486. The maximum absolute atomic E-state index is 10.9. The van der Waals surface area contributed by atoms with Crippen LogP contribution in [0.3, 0.4) is 0 Å². The van der Waals surface area contributed by atoms with E-state index in [1.165, 1.54) is 11.1 Å². The van der Waals surface area contributed by atoms with Crippen molar-refractivity contribution in [2.75, 3.05) is 0 Å². The van der Waals surface area contributed by atoms with Gasteiger partial charge < -0.3 is 0 Å². The molecule has 0 aliphatic rings. The highest BCUT2D eigenvalue weighted by Gasteiger charge is 2.02. The SMILES string of the molecule is Cc1ccc(C=O)c(Cc2ccccc2)c1. The van der Waals surface area contributed by atoms with E-state index in [1.807, 2.05) is 37.3 Å². The molecular weight excluding hydrogens is 196 g/mol. The van der Waals surface area contributed by atoms with E-state index in [2.05, 4.69) is 18.2 Å². The van der Waals surface area contributed by atoms with Crippen molar-refractivity contribution in [3.05, 3.63) is 70.8 Å². The maximum atomic E-state index is 10.9. The van der Waals surface area contributed by atoms with Crippen LogP contribution in [0, 0.1) is 6.92 Å². The van der Waals surface area contributed by atoms with E-state index in [-0.39, 0.29) is 0 Å². The quantitative estimate of drug-likeness (QED) is 0.710. The average Bonchev–Trinajstić information content (AvgIpc) is 2.31. The third-order valence-corrected chi connectivity index (χ3v) is 2.66. The second-order valence-electron chi connectivity index (χ2n) is 3.98. The van der Waals surface area contributed by atoms with Crippen LogP contribution in [-0.4, -0.2) is 6.29 Å². The van der Waals surface area contributed by atoms with Crippen molar-refractivity contribution < 1.29 is 4.79 Å². The molecule has 1 nitrogen and oxygen atoms in total. The number of benzene rings is 2. The van der Waals surface area contributed by atoms with Gasteiger partial charge in [-0.15, -0.1) is 0 Å². The van der Waals surface area contributed by atoms with Gasteiger partial charge in [-0.25, -0.2) is 0 Å². The highest BCUT2D eigenvalue weighted by atomic mass is 16.1. The minimum Gasteiger partial charge on any atom is -0.298 e. The Labute approximate surface area is 95.7 Å². The first-order chi connectivity index (χ1) is 7.79. The van der Waals surface area contributed by atoms with Crippen LogP contribution in [0.4, 0.5) is 0 Å². The Hall–Kier alpha value is -1.89. The number of aryl methyl sites for hydroxylation is 1. The Kier molecular flexibility index (Phi) is 3.16. The summed E-state index contributed by atoms with van der Waals surface area (Å²) < 4.78 is 0. The van der Waals surface area contributed by atoms with Gasteiger partial charge in [0, 0.05) is 5.56 Å². The van der Waals surface area contributed by atoms with Gasteiger partial charge in [0.1, 0.15) is 6.29 Å². The first-order valence-electron chi connectivity index (χ1n) is 5.38. The van der Waals surface area contributed by atoms with Crippen LogP contribution in [0.1, 0.15) is 27.0 Å². The predicted molar refractivity (Wildman–Crippen MR) is 65.8 cm³/mol. The van der Waals surface area contributed by atoms with Crippen molar-refractivity contribution >= 4 is 6.29 Å². The minimum absolute atomic E-state index is 0.787. The molecule has 2 rings (SSSR count). The van der Waals surface area contributed by atoms with Gasteiger partial charge in [0.15, 0.2) is 0 Å². The molecule has 0 fully saturated rings. The fourth-order valence-electron chi connectivity index (χ4n) is 1.82. The second-order valence-corrected chi connectivity index (χ2v) is 3.98. The molecule has 0 bridgehead atoms. The zero-order valence-corrected chi connectivity index (χ0v) is 9.31. The van der Waals surface area contributed by atoms with E-state index in [0.29, 0.717) is 0 Å². The van der Waals surface area contributed by atoms with Gasteiger partial charge in [0.05, 0.1) is 0 Å². The van der Waals surface area contributed by atoms with Crippen LogP contribution in [-0.2, 0) is 6.42 Å². The van der Waals surface area contributed by atoms with Crippen LogP contribution < -0.4 is 0 Å². The molecule has 80 valence electrons. The van der Waals surface area contributed by atoms with Gasteiger partial charge in [0.2, 0.25) is 0 Å². The lowest BCUT2D eigenvalue weighted by atomic mass is 9.98. The summed E-state index contributed by atoms with van der Waals surface area (Å²) in [6.07, 6.45) is 1.74. The van der Waals surface area contributed by atoms with Gasteiger partial charge in [-0.05, 0) is 24.5 Å². The van der Waals surface area contributed by atoms with Crippen LogP contribution in [0.2, 0.25) is 0 Å². The van der Waals surface area contributed by atoms with Crippen molar-refractivity contribution in [1.29, 1.82) is 0 Å². The molecule has 0 saturated carbocycles. The van der Waals surface area contributed by atoms with Crippen LogP contribution in [0.5, 0.6) is 0 Å². The van der Waals surface area contributed by atoms with E-state index in [0.717, 1.165) is 23.8 Å². The number of hydrogen-bond acceptors (Lipinski definition) is 1. The van der Waals surface area contributed by atoms with E-state index >= 15 is 0 Å². The third-order valence-electron chi connectivity index (χ3n) is 2.66. The van der Waals surface area contributed by atoms with E-state index in [9.17, 15) is 4.79 Å². The highest BCUT2D eigenvalue weighted by Crippen LogP contribution is 2.14. The molecule has 0 N–H and O–H groups in total. The molecule has 1 heteroatoms. The molecule has 16 heavy (non-hydrogen) atoms. The summed E-state index contributed by atoms with van der Waals surface area (Å²) in [5.41, 5.74) is 4.31. The smallest absolute Gasteiger partial charge is 0.150 e. The summed E-state index contributed by atoms with van der Waals surface area (Å²) in [5.74, 6) is 0. The van der Waals surface area contributed by atoms with E-state index in [4.69, 9.17) is 0 Å². The minimum atomic E-state index is 0.787. The monoisotopic (exact) mass is 210 g/mol. The molecule has 0 saturated heterocycles. The Balaban J connectivity index is 2.33. The lowest BCUT2D eigenvalue weighted by molar-refractivity contribution is 0.112. The standard InChI is InChI=1S/C15H14O/c1-12-7-8-14(11-16)15(9-12)10-13-5-3-2-4-6-13/h2-9,11H,10H2,1H3. The Morgan fingerprint density at radius 1 is 1.06 bits per heavy atom. The zero-order chi connectivity index (χ0) is 11.4. The number of rotatable bonds is 3. The zero-order valence-electron chi connectivity index (χ0n) is 9.31. The number of aldehydes is 1. The summed E-state index contributed by atoms with van der Waals surface area (Å²) >= 11 is 0. The van der Waals surface area contributed by atoms with E-state index in [1.54, 1.807) is 0 Å². The molecule has 0 atom stereocenters. The molecule has 0 radical (unpaired) electrons. The molecule has 0 aromatic heterocycles. The Morgan fingerprint density at radius 2 is 1.81 bits per heavy atom. The van der Waals surface area contributed by atoms with Crippen molar-refractivity contribution in [1.82, 2.24) is 0 Å². The summed E-state index contributed by atoms with van der Waals surface area (Å²) in [6.45, 7) is 2.04. The number of hydrogen-bond donors (Lipinski definition) is 0. The molecular formula is C15H14O. The summed E-state index contributed by atoms with van der Waals surface area (Å²) in [4.78, 5) is 10.9. The van der Waals surface area contributed by atoms with Crippen molar-refractivity contribution in [2.24, 2.45) is 0 Å². The molecule has 0 unspecified atom stereocenters. The van der Waals surface area contributed by atoms with Crippen molar-refractivity contribution in [2.45, 2.75) is 13.3 Å². The van der Waals surface area contributed by atoms with Gasteiger partial charge in [-0.2, -0.15) is 0 Å². The predicted octanol–water partition coefficient (Wildman–Crippen LogP) is 3.40. The van der Waals surface area contributed by atoms with Gasteiger partial charge in [-0.1, -0.05) is 54.1 Å². The molecule has 0 aliphatic heterocycles. The second kappa shape index (κ2) is 4.75. The normalized spacial score (nSPS) is 10.1. The topological polar surface area (TPSA) is 17.1 Å². The summed E-state index contributed by atoms with van der Waals surface area (Å²) in [7, 11) is 0. The van der Waals surface area contributed by atoms with Crippen molar-refractivity contribution in [3.63, 3.8) is 0 Å². The van der Waals surface area contributed by atoms with Crippen LogP contribution in [0.25, 0.3) is 0 Å². The third kappa shape index (κ3) is 2.37. The first kappa shape index (κ1) is 10.6. The maximum Gasteiger partial charge on any atom is 0.150 e. The lowest BCUT2D eigenvalue weighted by Gasteiger charge is -2.06. The van der Waals surface area contributed by atoms with Gasteiger partial charge in [-0.3, -0.25) is 4.79 Å². The van der Waals surface area contributed by atoms with Crippen molar-refractivity contribution in [3.8, 4) is 0 Å². The van der Waals surface area contributed by atoms with Gasteiger partial charge in [0.25, 0.3) is 0 Å². The molecule has 0 amide bonds. The lowest BCUT2D eigenvalue weighted by Crippen LogP contribution is -1.95. The number of carbonyl (C=O) groups excluding carboxylic acids is 1. The first-order valence-corrected chi connectivity index (χ1v) is 5.38. The van der Waals surface area contributed by atoms with Crippen LogP contribution in [0.15, 0.2) is 48.5 Å². The van der Waals surface area contributed by atoms with Gasteiger partial charge >= 0.3 is 0 Å². The molecule has 0 heterocycles. The summed E-state index contributed by atoms with van der Waals surface area (Å²) in [5, 5.41) is 0.